The fourth-order valence-corrected chi connectivity index (χ4v) is 3.73. The first kappa shape index (κ1) is 19.9. The number of carbonyl (C=O) groups excluding carboxylic acids is 1. The van der Waals surface area contributed by atoms with Crippen LogP contribution in [0.2, 0.25) is 5.02 Å². The SMILES string of the molecule is CC(C1CN(N=Cc2ccc(-c3ccc(Cl)cc3)o2)C(=O)O1)N1CCN(C)CC1. The third-order valence-corrected chi connectivity index (χ3v) is 5.80. The second-order valence-corrected chi connectivity index (χ2v) is 7.97. The number of amides is 1. The van der Waals surface area contributed by atoms with Crippen LogP contribution in [0.4, 0.5) is 4.79 Å². The zero-order chi connectivity index (χ0) is 20.4. The Morgan fingerprint density at radius 3 is 2.59 bits per heavy atom. The van der Waals surface area contributed by atoms with Crippen molar-refractivity contribution in [1.82, 2.24) is 14.8 Å². The second-order valence-electron chi connectivity index (χ2n) is 7.54. The summed E-state index contributed by atoms with van der Waals surface area (Å²) in [4.78, 5) is 16.9. The topological polar surface area (TPSA) is 61.5 Å². The Bertz CT molecular complexity index is 874. The van der Waals surface area contributed by atoms with Crippen molar-refractivity contribution in [3.05, 3.63) is 47.2 Å². The zero-order valence-corrected chi connectivity index (χ0v) is 17.4. The van der Waals surface area contributed by atoms with Gasteiger partial charge < -0.3 is 14.1 Å². The molecule has 0 aliphatic carbocycles. The highest BCUT2D eigenvalue weighted by atomic mass is 35.5. The molecule has 2 unspecified atom stereocenters. The zero-order valence-electron chi connectivity index (χ0n) is 16.6. The molecule has 2 saturated heterocycles. The molecule has 2 aromatic rings. The predicted octanol–water partition coefficient (Wildman–Crippen LogP) is 3.39. The van der Waals surface area contributed by atoms with Crippen molar-refractivity contribution in [2.24, 2.45) is 5.10 Å². The lowest BCUT2D eigenvalue weighted by Crippen LogP contribution is -2.52. The van der Waals surface area contributed by atoms with E-state index in [9.17, 15) is 4.79 Å². The highest BCUT2D eigenvalue weighted by Crippen LogP contribution is 2.24. The molecular formula is C21H25ClN4O3. The summed E-state index contributed by atoms with van der Waals surface area (Å²) in [5.74, 6) is 1.28. The van der Waals surface area contributed by atoms with Crippen LogP contribution < -0.4 is 0 Å². The lowest BCUT2D eigenvalue weighted by Gasteiger charge is -2.37. The number of likely N-dealkylation sites (N-methyl/N-ethyl adjacent to an activating group) is 1. The smallest absolute Gasteiger partial charge is 0.430 e. The largest absolute Gasteiger partial charge is 0.455 e. The molecule has 1 amide bonds. The minimum atomic E-state index is -0.420. The molecule has 3 heterocycles. The summed E-state index contributed by atoms with van der Waals surface area (Å²) < 4.78 is 11.4. The van der Waals surface area contributed by atoms with E-state index >= 15 is 0 Å². The number of hydrogen-bond donors (Lipinski definition) is 0. The first-order valence-electron chi connectivity index (χ1n) is 9.80. The van der Waals surface area contributed by atoms with Gasteiger partial charge in [-0.05, 0) is 50.4 Å². The van der Waals surface area contributed by atoms with Crippen LogP contribution in [0.15, 0.2) is 45.9 Å². The van der Waals surface area contributed by atoms with Gasteiger partial charge >= 0.3 is 6.09 Å². The van der Waals surface area contributed by atoms with Gasteiger partial charge in [0.25, 0.3) is 0 Å². The first-order valence-corrected chi connectivity index (χ1v) is 10.2. The maximum absolute atomic E-state index is 12.2. The summed E-state index contributed by atoms with van der Waals surface area (Å²) in [7, 11) is 2.13. The van der Waals surface area contributed by atoms with Gasteiger partial charge in [-0.25, -0.2) is 4.79 Å². The van der Waals surface area contributed by atoms with E-state index in [-0.39, 0.29) is 12.1 Å². The first-order chi connectivity index (χ1) is 14.0. The monoisotopic (exact) mass is 416 g/mol. The number of nitrogens with zero attached hydrogens (tertiary/aromatic N) is 4. The Morgan fingerprint density at radius 2 is 1.86 bits per heavy atom. The van der Waals surface area contributed by atoms with E-state index in [1.54, 1.807) is 6.21 Å². The number of rotatable bonds is 5. The van der Waals surface area contributed by atoms with E-state index in [0.717, 1.165) is 31.7 Å². The molecule has 0 radical (unpaired) electrons. The maximum atomic E-state index is 12.2. The normalized spacial score (nSPS) is 22.4. The van der Waals surface area contributed by atoms with Crippen LogP contribution >= 0.6 is 11.6 Å². The quantitative estimate of drug-likeness (QED) is 0.699. The molecule has 1 aromatic heterocycles. The summed E-state index contributed by atoms with van der Waals surface area (Å²) in [6.45, 7) is 6.57. The number of halogens is 1. The third-order valence-electron chi connectivity index (χ3n) is 5.55. The molecule has 2 aliphatic heterocycles. The number of furan rings is 1. The van der Waals surface area contributed by atoms with E-state index in [2.05, 4.69) is 28.9 Å². The van der Waals surface area contributed by atoms with E-state index < -0.39 is 6.09 Å². The number of carbonyl (C=O) groups is 1. The molecule has 8 heteroatoms. The Hall–Kier alpha value is -2.35. The van der Waals surface area contributed by atoms with Crippen molar-refractivity contribution in [3.8, 4) is 11.3 Å². The summed E-state index contributed by atoms with van der Waals surface area (Å²) in [5, 5.41) is 6.32. The van der Waals surface area contributed by atoms with Crippen molar-refractivity contribution in [2.45, 2.75) is 19.1 Å². The molecule has 0 N–H and O–H groups in total. The van der Waals surface area contributed by atoms with Gasteiger partial charge in [-0.3, -0.25) is 4.90 Å². The van der Waals surface area contributed by atoms with Crippen molar-refractivity contribution in [1.29, 1.82) is 0 Å². The number of cyclic esters (lactones) is 1. The van der Waals surface area contributed by atoms with Crippen LogP contribution in [0.3, 0.4) is 0 Å². The molecule has 0 bridgehead atoms. The lowest BCUT2D eigenvalue weighted by atomic mass is 10.1. The number of hydrogen-bond acceptors (Lipinski definition) is 6. The number of ether oxygens (including phenoxy) is 1. The van der Waals surface area contributed by atoms with Gasteiger partial charge in [0, 0.05) is 42.8 Å². The molecule has 29 heavy (non-hydrogen) atoms. The van der Waals surface area contributed by atoms with Crippen molar-refractivity contribution < 1.29 is 13.9 Å². The number of hydrazone groups is 1. The van der Waals surface area contributed by atoms with Crippen molar-refractivity contribution >= 4 is 23.9 Å². The third kappa shape index (κ3) is 4.63. The molecule has 0 saturated carbocycles. The highest BCUT2D eigenvalue weighted by molar-refractivity contribution is 6.30. The predicted molar refractivity (Wildman–Crippen MR) is 112 cm³/mol. The second kappa shape index (κ2) is 8.57. The highest BCUT2D eigenvalue weighted by Gasteiger charge is 2.37. The van der Waals surface area contributed by atoms with Crippen LogP contribution in [0.5, 0.6) is 0 Å². The maximum Gasteiger partial charge on any atom is 0.430 e. The van der Waals surface area contributed by atoms with Gasteiger partial charge in [-0.15, -0.1) is 0 Å². The fraction of sp³-hybridized carbons (Fsp3) is 0.429. The molecule has 7 nitrogen and oxygen atoms in total. The summed E-state index contributed by atoms with van der Waals surface area (Å²) in [6.07, 6.45) is 0.935. The molecular weight excluding hydrogens is 392 g/mol. The summed E-state index contributed by atoms with van der Waals surface area (Å²) in [6, 6.07) is 11.3. The molecule has 0 spiro atoms. The van der Waals surface area contributed by atoms with Crippen LogP contribution in [0, 0.1) is 0 Å². The molecule has 2 aliphatic rings. The van der Waals surface area contributed by atoms with Gasteiger partial charge in [0.05, 0.1) is 12.8 Å². The fourth-order valence-electron chi connectivity index (χ4n) is 3.60. The average Bonchev–Trinajstić information content (AvgIpc) is 3.34. The lowest BCUT2D eigenvalue weighted by molar-refractivity contribution is 0.0417. The minimum Gasteiger partial charge on any atom is -0.455 e. The van der Waals surface area contributed by atoms with Gasteiger partial charge in [-0.1, -0.05) is 11.6 Å². The van der Waals surface area contributed by atoms with Crippen molar-refractivity contribution in [3.63, 3.8) is 0 Å². The van der Waals surface area contributed by atoms with Gasteiger partial charge in [0.15, 0.2) is 0 Å². The van der Waals surface area contributed by atoms with E-state index in [0.29, 0.717) is 23.1 Å². The molecule has 1 aromatic carbocycles. The summed E-state index contributed by atoms with van der Waals surface area (Å²) in [5.41, 5.74) is 0.927. The minimum absolute atomic E-state index is 0.160. The molecule has 2 atom stereocenters. The van der Waals surface area contributed by atoms with E-state index in [1.807, 2.05) is 36.4 Å². The van der Waals surface area contributed by atoms with Crippen LogP contribution in [-0.4, -0.2) is 79.0 Å². The average molecular weight is 417 g/mol. The van der Waals surface area contributed by atoms with E-state index in [4.69, 9.17) is 20.8 Å². The van der Waals surface area contributed by atoms with Gasteiger partial charge in [0.1, 0.15) is 17.6 Å². The molecule has 154 valence electrons. The van der Waals surface area contributed by atoms with Crippen LogP contribution in [0.1, 0.15) is 12.7 Å². The van der Waals surface area contributed by atoms with Crippen molar-refractivity contribution in [2.75, 3.05) is 39.8 Å². The Balaban J connectivity index is 1.36. The Kier molecular flexibility index (Phi) is 5.89. The number of piperazine rings is 1. The molecule has 4 rings (SSSR count). The van der Waals surface area contributed by atoms with Crippen LogP contribution in [0.25, 0.3) is 11.3 Å². The van der Waals surface area contributed by atoms with E-state index in [1.165, 1.54) is 5.01 Å². The van der Waals surface area contributed by atoms with Gasteiger partial charge in [0.2, 0.25) is 0 Å². The van der Waals surface area contributed by atoms with Crippen LogP contribution in [-0.2, 0) is 4.74 Å². The number of benzene rings is 1. The standard InChI is InChI=1S/C21H25ClN4O3/c1-15(25-11-9-24(2)10-12-25)20-14-26(21(27)29-20)23-13-18-7-8-19(28-18)16-3-5-17(22)6-4-16/h3-8,13,15,20H,9-12,14H2,1-2H3. The Labute approximate surface area is 175 Å². The Morgan fingerprint density at radius 1 is 1.14 bits per heavy atom. The van der Waals surface area contributed by atoms with Gasteiger partial charge in [-0.2, -0.15) is 10.1 Å². The molecule has 2 fully saturated rings. The summed E-state index contributed by atoms with van der Waals surface area (Å²) >= 11 is 5.92.